The lowest BCUT2D eigenvalue weighted by molar-refractivity contribution is -0.384. The molecule has 1 aliphatic rings. The van der Waals surface area contributed by atoms with Gasteiger partial charge in [-0.3, -0.25) is 10.1 Å². The molecule has 1 aliphatic carbocycles. The summed E-state index contributed by atoms with van der Waals surface area (Å²) in [6, 6.07) is 6.69. The van der Waals surface area contributed by atoms with Crippen LogP contribution in [0.25, 0.3) is 0 Å². The maximum absolute atomic E-state index is 11.2. The van der Waals surface area contributed by atoms with E-state index >= 15 is 0 Å². The van der Waals surface area contributed by atoms with Crippen LogP contribution in [-0.2, 0) is 6.42 Å². The van der Waals surface area contributed by atoms with Gasteiger partial charge in [0.1, 0.15) is 5.69 Å². The van der Waals surface area contributed by atoms with E-state index in [-0.39, 0.29) is 11.7 Å². The van der Waals surface area contributed by atoms with E-state index in [4.69, 9.17) is 23.2 Å². The third-order valence-electron chi connectivity index (χ3n) is 3.57. The highest BCUT2D eigenvalue weighted by Crippen LogP contribution is 2.40. The van der Waals surface area contributed by atoms with Crippen LogP contribution in [0.3, 0.4) is 0 Å². The van der Waals surface area contributed by atoms with Crippen molar-refractivity contribution in [3.8, 4) is 0 Å². The molecule has 3 rings (SSSR count). The van der Waals surface area contributed by atoms with Crippen LogP contribution < -0.4 is 5.32 Å². The van der Waals surface area contributed by atoms with Gasteiger partial charge in [0, 0.05) is 16.0 Å². The first-order valence-corrected chi connectivity index (χ1v) is 8.10. The topological polar surface area (TPSA) is 55.2 Å². The van der Waals surface area contributed by atoms with Crippen LogP contribution in [0.4, 0.5) is 11.4 Å². The molecule has 0 fully saturated rings. The van der Waals surface area contributed by atoms with Crippen LogP contribution >= 0.6 is 34.5 Å². The maximum Gasteiger partial charge on any atom is 0.293 e. The number of nitrogens with one attached hydrogen (secondary N) is 1. The Morgan fingerprint density at radius 3 is 2.90 bits per heavy atom. The first-order chi connectivity index (χ1) is 10.0. The molecule has 0 saturated heterocycles. The number of hydrogen-bond acceptors (Lipinski definition) is 4. The Hall–Kier alpha value is -1.30. The third kappa shape index (κ3) is 3.00. The second kappa shape index (κ2) is 5.83. The van der Waals surface area contributed by atoms with Gasteiger partial charge in [0.05, 0.1) is 15.3 Å². The van der Waals surface area contributed by atoms with Crippen LogP contribution in [0.15, 0.2) is 24.3 Å². The van der Waals surface area contributed by atoms with Gasteiger partial charge in [-0.15, -0.1) is 11.3 Å². The molecule has 0 bridgehead atoms. The van der Waals surface area contributed by atoms with E-state index in [2.05, 4.69) is 5.32 Å². The van der Waals surface area contributed by atoms with Crippen molar-refractivity contribution in [1.29, 1.82) is 0 Å². The molecule has 0 radical (unpaired) electrons. The summed E-state index contributed by atoms with van der Waals surface area (Å²) in [5, 5.41) is 14.8. The van der Waals surface area contributed by atoms with Crippen molar-refractivity contribution >= 4 is 45.9 Å². The SMILES string of the molecule is O=[N+]([O-])c1cc(Cl)ccc1NC1CCCc2sc(Cl)cc21. The molecule has 0 saturated carbocycles. The molecule has 2 aromatic rings. The molecule has 1 N–H and O–H groups in total. The molecular formula is C14H12Cl2N2O2S. The molecule has 0 spiro atoms. The number of thiophene rings is 1. The number of halogens is 2. The number of benzene rings is 1. The number of nitro groups is 1. The second-order valence-corrected chi connectivity index (χ2v) is 7.14. The van der Waals surface area contributed by atoms with Gasteiger partial charge in [0.15, 0.2) is 0 Å². The van der Waals surface area contributed by atoms with Crippen LogP contribution in [0.1, 0.15) is 29.3 Å². The Balaban J connectivity index is 1.93. The Labute approximate surface area is 135 Å². The summed E-state index contributed by atoms with van der Waals surface area (Å²) >= 11 is 13.5. The summed E-state index contributed by atoms with van der Waals surface area (Å²) < 4.78 is 0.763. The number of anilines is 1. The lowest BCUT2D eigenvalue weighted by atomic mass is 9.94. The Bertz CT molecular complexity index is 702. The van der Waals surface area contributed by atoms with Gasteiger partial charge in [-0.25, -0.2) is 0 Å². The number of rotatable bonds is 3. The van der Waals surface area contributed by atoms with Crippen molar-refractivity contribution in [2.24, 2.45) is 0 Å². The number of nitro benzene ring substituents is 1. The molecule has 1 heterocycles. The summed E-state index contributed by atoms with van der Waals surface area (Å²) in [7, 11) is 0. The molecule has 0 aliphatic heterocycles. The molecule has 1 aromatic carbocycles. The smallest absolute Gasteiger partial charge is 0.293 e. The standard InChI is InChI=1S/C14H12Cl2N2O2S/c15-8-4-5-11(12(6-8)18(19)20)17-10-2-1-3-13-9(10)7-14(16)21-13/h4-7,10,17H,1-3H2. The molecule has 0 amide bonds. The fraction of sp³-hybridized carbons (Fsp3) is 0.286. The molecular weight excluding hydrogens is 331 g/mol. The fourth-order valence-electron chi connectivity index (χ4n) is 2.64. The first kappa shape index (κ1) is 14.6. The van der Waals surface area contributed by atoms with E-state index in [1.807, 2.05) is 6.07 Å². The summed E-state index contributed by atoms with van der Waals surface area (Å²) in [5.41, 5.74) is 1.64. The highest BCUT2D eigenvalue weighted by Gasteiger charge is 2.25. The molecule has 7 heteroatoms. The van der Waals surface area contributed by atoms with Gasteiger partial charge in [0.25, 0.3) is 5.69 Å². The zero-order valence-corrected chi connectivity index (χ0v) is 13.3. The molecule has 110 valence electrons. The maximum atomic E-state index is 11.2. The molecule has 1 unspecified atom stereocenters. The number of hydrogen-bond donors (Lipinski definition) is 1. The highest BCUT2D eigenvalue weighted by atomic mass is 35.5. The third-order valence-corrected chi connectivity index (χ3v) is 5.14. The van der Waals surface area contributed by atoms with E-state index in [1.54, 1.807) is 23.5 Å². The molecule has 21 heavy (non-hydrogen) atoms. The van der Waals surface area contributed by atoms with Crippen LogP contribution in [0, 0.1) is 10.1 Å². The van der Waals surface area contributed by atoms with E-state index in [0.29, 0.717) is 10.7 Å². The number of nitrogens with zero attached hydrogens (tertiary/aromatic N) is 1. The number of fused-ring (bicyclic) bond motifs is 1. The predicted octanol–water partition coefficient (Wildman–Crippen LogP) is 5.45. The van der Waals surface area contributed by atoms with Crippen molar-refractivity contribution in [2.75, 3.05) is 5.32 Å². The average Bonchev–Trinajstić information content (AvgIpc) is 2.82. The van der Waals surface area contributed by atoms with Crippen LogP contribution in [0.2, 0.25) is 9.36 Å². The summed E-state index contributed by atoms with van der Waals surface area (Å²) in [6.07, 6.45) is 3.00. The fourth-order valence-corrected chi connectivity index (χ4v) is 4.19. The largest absolute Gasteiger partial charge is 0.373 e. The second-order valence-electron chi connectivity index (χ2n) is 4.94. The average molecular weight is 343 g/mol. The molecule has 1 atom stereocenters. The van der Waals surface area contributed by atoms with E-state index in [9.17, 15) is 10.1 Å². The predicted molar refractivity (Wildman–Crippen MR) is 86.7 cm³/mol. The summed E-state index contributed by atoms with van der Waals surface area (Å²) in [6.45, 7) is 0. The minimum atomic E-state index is -0.418. The van der Waals surface area contributed by atoms with Crippen molar-refractivity contribution in [3.63, 3.8) is 0 Å². The lowest BCUT2D eigenvalue weighted by Crippen LogP contribution is -2.16. The van der Waals surface area contributed by atoms with Crippen LogP contribution in [0.5, 0.6) is 0 Å². The first-order valence-electron chi connectivity index (χ1n) is 6.53. The van der Waals surface area contributed by atoms with Gasteiger partial charge in [-0.1, -0.05) is 23.2 Å². The van der Waals surface area contributed by atoms with Gasteiger partial charge >= 0.3 is 0 Å². The van der Waals surface area contributed by atoms with Gasteiger partial charge in [0.2, 0.25) is 0 Å². The lowest BCUT2D eigenvalue weighted by Gasteiger charge is -2.24. The Morgan fingerprint density at radius 1 is 1.33 bits per heavy atom. The van der Waals surface area contributed by atoms with Crippen molar-refractivity contribution in [1.82, 2.24) is 0 Å². The normalized spacial score (nSPS) is 17.3. The van der Waals surface area contributed by atoms with E-state index in [0.717, 1.165) is 29.2 Å². The molecule has 4 nitrogen and oxygen atoms in total. The van der Waals surface area contributed by atoms with Crippen molar-refractivity contribution in [2.45, 2.75) is 25.3 Å². The highest BCUT2D eigenvalue weighted by molar-refractivity contribution is 7.16. The minimum Gasteiger partial charge on any atom is -0.373 e. The zero-order valence-electron chi connectivity index (χ0n) is 10.9. The molecule has 1 aromatic heterocycles. The van der Waals surface area contributed by atoms with Gasteiger partial charge < -0.3 is 5.32 Å². The minimum absolute atomic E-state index is 0.00375. The monoisotopic (exact) mass is 342 g/mol. The Morgan fingerprint density at radius 2 is 2.14 bits per heavy atom. The van der Waals surface area contributed by atoms with E-state index < -0.39 is 4.92 Å². The van der Waals surface area contributed by atoms with Crippen LogP contribution in [-0.4, -0.2) is 4.92 Å². The quantitative estimate of drug-likeness (QED) is 0.595. The van der Waals surface area contributed by atoms with Crippen molar-refractivity contribution < 1.29 is 4.92 Å². The summed E-state index contributed by atoms with van der Waals surface area (Å²) in [4.78, 5) is 12.0. The Kier molecular flexibility index (Phi) is 4.06. The number of aryl methyl sites for hydroxylation is 1. The summed E-state index contributed by atoms with van der Waals surface area (Å²) in [5.74, 6) is 0. The van der Waals surface area contributed by atoms with Gasteiger partial charge in [-0.05, 0) is 43.0 Å². The van der Waals surface area contributed by atoms with Crippen molar-refractivity contribution in [3.05, 3.63) is 54.2 Å². The van der Waals surface area contributed by atoms with E-state index in [1.165, 1.54) is 10.9 Å². The van der Waals surface area contributed by atoms with Gasteiger partial charge in [-0.2, -0.15) is 0 Å². The zero-order chi connectivity index (χ0) is 15.0.